The minimum absolute atomic E-state index is 0.0904. The van der Waals surface area contributed by atoms with Crippen molar-refractivity contribution in [3.63, 3.8) is 0 Å². The van der Waals surface area contributed by atoms with E-state index in [4.69, 9.17) is 4.74 Å². The largest absolute Gasteiger partial charge is 0.495 e. The van der Waals surface area contributed by atoms with Gasteiger partial charge in [0.15, 0.2) is 0 Å². The lowest BCUT2D eigenvalue weighted by atomic mass is 10.1. The number of fused-ring (bicyclic) bond motifs is 1. The van der Waals surface area contributed by atoms with Crippen molar-refractivity contribution >= 4 is 16.0 Å². The van der Waals surface area contributed by atoms with Crippen molar-refractivity contribution in [2.24, 2.45) is 0 Å². The average molecular weight is 257 g/mol. The number of rotatable bonds is 2. The summed E-state index contributed by atoms with van der Waals surface area (Å²) in [5.41, 5.74) is 0.770. The van der Waals surface area contributed by atoms with Gasteiger partial charge < -0.3 is 9.47 Å². The van der Waals surface area contributed by atoms with E-state index in [0.717, 1.165) is 0 Å². The van der Waals surface area contributed by atoms with Gasteiger partial charge >= 0.3 is 5.97 Å². The highest BCUT2D eigenvalue weighted by atomic mass is 32.2. The number of hydrogen-bond donors (Lipinski definition) is 1. The predicted molar refractivity (Wildman–Crippen MR) is 58.4 cm³/mol. The monoisotopic (exact) mass is 257 g/mol. The number of sulfonamides is 1. The van der Waals surface area contributed by atoms with Crippen molar-refractivity contribution in [2.45, 2.75) is 11.4 Å². The molecule has 6 nitrogen and oxygen atoms in total. The van der Waals surface area contributed by atoms with Gasteiger partial charge in [0, 0.05) is 6.54 Å². The molecule has 0 amide bonds. The molecule has 0 fully saturated rings. The van der Waals surface area contributed by atoms with Crippen LogP contribution in [0.1, 0.15) is 15.9 Å². The number of hydrogen-bond acceptors (Lipinski definition) is 5. The molecule has 92 valence electrons. The first-order valence-corrected chi connectivity index (χ1v) is 6.27. The normalized spacial score (nSPS) is 16.4. The van der Waals surface area contributed by atoms with Gasteiger partial charge in [-0.05, 0) is 17.7 Å². The molecule has 1 aromatic carbocycles. The van der Waals surface area contributed by atoms with E-state index in [1.54, 1.807) is 0 Å². The van der Waals surface area contributed by atoms with Crippen LogP contribution in [0, 0.1) is 0 Å². The zero-order valence-corrected chi connectivity index (χ0v) is 10.1. The third-order valence-corrected chi connectivity index (χ3v) is 4.02. The van der Waals surface area contributed by atoms with Crippen molar-refractivity contribution in [3.8, 4) is 5.75 Å². The molecule has 1 aliphatic heterocycles. The molecule has 7 heteroatoms. The molecule has 1 N–H and O–H groups in total. The summed E-state index contributed by atoms with van der Waals surface area (Å²) in [4.78, 5) is 11.5. The molecule has 0 spiro atoms. The van der Waals surface area contributed by atoms with Crippen molar-refractivity contribution in [1.82, 2.24) is 4.72 Å². The maximum Gasteiger partial charge on any atom is 0.337 e. The fourth-order valence-corrected chi connectivity index (χ4v) is 3.10. The topological polar surface area (TPSA) is 81.7 Å². The molecule has 1 aromatic rings. The van der Waals surface area contributed by atoms with Crippen LogP contribution >= 0.6 is 0 Å². The summed E-state index contributed by atoms with van der Waals surface area (Å²) in [6, 6.07) is 2.84. The second-order valence-corrected chi connectivity index (χ2v) is 5.19. The number of carbonyl (C=O) groups excluding carboxylic acids is 1. The van der Waals surface area contributed by atoms with Gasteiger partial charge in [0.2, 0.25) is 10.0 Å². The van der Waals surface area contributed by atoms with Crippen LogP contribution in [0.25, 0.3) is 0 Å². The Labute approximate surface area is 98.6 Å². The Morgan fingerprint density at radius 2 is 2.06 bits per heavy atom. The smallest absolute Gasteiger partial charge is 0.337 e. The fourth-order valence-electron chi connectivity index (χ4n) is 1.73. The average Bonchev–Trinajstić information content (AvgIpc) is 2.63. The van der Waals surface area contributed by atoms with Crippen molar-refractivity contribution in [2.75, 3.05) is 14.2 Å². The van der Waals surface area contributed by atoms with Gasteiger partial charge in [-0.15, -0.1) is 0 Å². The highest BCUT2D eigenvalue weighted by molar-refractivity contribution is 7.89. The molecular weight excluding hydrogens is 246 g/mol. The summed E-state index contributed by atoms with van der Waals surface area (Å²) in [6.45, 7) is 0.152. The SMILES string of the molecule is COC(=O)c1cc2c(c(OC)c1)S(=O)(=O)NC2. The molecule has 0 unspecified atom stereocenters. The Bertz CT molecular complexity index is 579. The zero-order chi connectivity index (χ0) is 12.6. The van der Waals surface area contributed by atoms with Crippen LogP contribution in [-0.4, -0.2) is 28.6 Å². The maximum atomic E-state index is 11.7. The third-order valence-electron chi connectivity index (χ3n) is 2.49. The highest BCUT2D eigenvalue weighted by Crippen LogP contribution is 2.33. The molecule has 17 heavy (non-hydrogen) atoms. The van der Waals surface area contributed by atoms with E-state index in [-0.39, 0.29) is 22.8 Å². The Hall–Kier alpha value is -1.60. The van der Waals surface area contributed by atoms with Gasteiger partial charge in [-0.25, -0.2) is 17.9 Å². The molecule has 0 atom stereocenters. The van der Waals surface area contributed by atoms with Crippen LogP contribution in [0.3, 0.4) is 0 Å². The Morgan fingerprint density at radius 3 is 2.65 bits per heavy atom. The second kappa shape index (κ2) is 4.01. The molecule has 1 aliphatic rings. The maximum absolute atomic E-state index is 11.7. The second-order valence-electron chi connectivity index (χ2n) is 3.48. The van der Waals surface area contributed by atoms with E-state index in [1.165, 1.54) is 26.4 Å². The molecule has 0 aromatic heterocycles. The minimum Gasteiger partial charge on any atom is -0.495 e. The van der Waals surface area contributed by atoms with Crippen LogP contribution < -0.4 is 9.46 Å². The van der Waals surface area contributed by atoms with Crippen LogP contribution in [0.2, 0.25) is 0 Å². The first-order chi connectivity index (χ1) is 7.99. The van der Waals surface area contributed by atoms with E-state index in [2.05, 4.69) is 9.46 Å². The van der Waals surface area contributed by atoms with Gasteiger partial charge in [0.1, 0.15) is 10.6 Å². The summed E-state index contributed by atoms with van der Waals surface area (Å²) >= 11 is 0. The Kier molecular flexibility index (Phi) is 2.80. The van der Waals surface area contributed by atoms with Crippen LogP contribution in [0.5, 0.6) is 5.75 Å². The van der Waals surface area contributed by atoms with Gasteiger partial charge in [-0.3, -0.25) is 0 Å². The zero-order valence-electron chi connectivity index (χ0n) is 9.31. The molecule has 0 radical (unpaired) electrons. The molecule has 0 saturated heterocycles. The summed E-state index contributed by atoms with van der Waals surface area (Å²) in [6.07, 6.45) is 0. The van der Waals surface area contributed by atoms with Gasteiger partial charge in [0.25, 0.3) is 0 Å². The molecular formula is C10H11NO5S. The first-order valence-electron chi connectivity index (χ1n) is 4.78. The van der Waals surface area contributed by atoms with Crippen molar-refractivity contribution in [3.05, 3.63) is 23.3 Å². The predicted octanol–water partition coefficient (Wildman–Crippen LogP) is 0.274. The van der Waals surface area contributed by atoms with E-state index >= 15 is 0 Å². The number of carbonyl (C=O) groups is 1. The van der Waals surface area contributed by atoms with Gasteiger partial charge in [-0.2, -0.15) is 0 Å². The summed E-state index contributed by atoms with van der Waals surface area (Å²) in [5.74, 6) is -0.386. The highest BCUT2D eigenvalue weighted by Gasteiger charge is 2.31. The quantitative estimate of drug-likeness (QED) is 0.769. The van der Waals surface area contributed by atoms with Crippen molar-refractivity contribution < 1.29 is 22.7 Å². The minimum atomic E-state index is -3.52. The number of nitrogens with one attached hydrogen (secondary N) is 1. The lowest BCUT2D eigenvalue weighted by molar-refractivity contribution is 0.0600. The first kappa shape index (κ1) is 11.9. The lowest BCUT2D eigenvalue weighted by Gasteiger charge is -2.08. The number of ether oxygens (including phenoxy) is 2. The van der Waals surface area contributed by atoms with Gasteiger partial charge in [-0.1, -0.05) is 0 Å². The fraction of sp³-hybridized carbons (Fsp3) is 0.300. The van der Waals surface area contributed by atoms with E-state index < -0.39 is 16.0 Å². The Balaban J connectivity index is 2.65. The molecule has 0 saturated carbocycles. The molecule has 0 aliphatic carbocycles. The van der Waals surface area contributed by atoms with Crippen LogP contribution in [-0.2, 0) is 21.3 Å². The van der Waals surface area contributed by atoms with Crippen molar-refractivity contribution in [1.29, 1.82) is 0 Å². The summed E-state index contributed by atoms with van der Waals surface area (Å²) in [7, 11) is -0.912. The van der Waals surface area contributed by atoms with E-state index in [9.17, 15) is 13.2 Å². The van der Waals surface area contributed by atoms with E-state index in [0.29, 0.717) is 5.56 Å². The van der Waals surface area contributed by atoms with E-state index in [1.807, 2.05) is 0 Å². The van der Waals surface area contributed by atoms with Crippen LogP contribution in [0.15, 0.2) is 17.0 Å². The number of methoxy groups -OCH3 is 2. The standard InChI is InChI=1S/C10H11NO5S/c1-15-8-4-6(10(12)16-2)3-7-5-11-17(13,14)9(7)8/h3-4,11H,5H2,1-2H3. The number of benzene rings is 1. The van der Waals surface area contributed by atoms with Gasteiger partial charge in [0.05, 0.1) is 19.8 Å². The summed E-state index contributed by atoms with van der Waals surface area (Å²) < 4.78 is 35.3. The molecule has 1 heterocycles. The summed E-state index contributed by atoms with van der Waals surface area (Å²) in [5, 5.41) is 0. The third kappa shape index (κ3) is 1.87. The Morgan fingerprint density at radius 1 is 1.35 bits per heavy atom. The molecule has 2 rings (SSSR count). The molecule has 0 bridgehead atoms. The van der Waals surface area contributed by atoms with Crippen LogP contribution in [0.4, 0.5) is 0 Å². The number of esters is 1. The lowest BCUT2D eigenvalue weighted by Crippen LogP contribution is -2.14.